The summed E-state index contributed by atoms with van der Waals surface area (Å²) in [5, 5.41) is 34.3. The van der Waals surface area contributed by atoms with Gasteiger partial charge in [-0.15, -0.1) is 0 Å². The summed E-state index contributed by atoms with van der Waals surface area (Å²) >= 11 is 0. The average molecular weight is 459 g/mol. The summed E-state index contributed by atoms with van der Waals surface area (Å²) in [5.74, 6) is -0.800. The first kappa shape index (κ1) is 27.5. The second-order valence-electron chi connectivity index (χ2n) is 12.3. The number of carbonyl (C=O) groups excluding carboxylic acids is 1. The molecular weight excluding hydrogens is 412 g/mol. The van der Waals surface area contributed by atoms with Gasteiger partial charge in [0.2, 0.25) is 0 Å². The lowest BCUT2D eigenvalue weighted by Crippen LogP contribution is -2.61. The lowest BCUT2D eigenvalue weighted by atomic mass is 9.80. The average Bonchev–Trinajstić information content (AvgIpc) is 2.61. The minimum Gasteiger partial charge on any atom is -0.462 e. The normalized spacial score (nSPS) is 28.2. The summed E-state index contributed by atoms with van der Waals surface area (Å²) in [7, 11) is 0. The van der Waals surface area contributed by atoms with Crippen molar-refractivity contribution >= 4 is 5.97 Å². The summed E-state index contributed by atoms with van der Waals surface area (Å²) in [5.41, 5.74) is -1.96. The highest BCUT2D eigenvalue weighted by Crippen LogP contribution is 2.40. The van der Waals surface area contributed by atoms with Crippen LogP contribution in [0.15, 0.2) is 0 Å². The third kappa shape index (κ3) is 6.21. The second-order valence-corrected chi connectivity index (χ2v) is 12.3. The van der Waals surface area contributed by atoms with Gasteiger partial charge < -0.3 is 25.0 Å². The van der Waals surface area contributed by atoms with E-state index in [9.17, 15) is 20.3 Å². The van der Waals surface area contributed by atoms with Crippen LogP contribution >= 0.6 is 0 Å². The number of piperidine rings is 2. The van der Waals surface area contributed by atoms with E-state index in [0.29, 0.717) is 32.1 Å². The van der Waals surface area contributed by atoms with E-state index in [1.165, 1.54) is 10.1 Å². The zero-order valence-corrected chi connectivity index (χ0v) is 21.5. The highest BCUT2D eigenvalue weighted by Gasteiger charge is 2.47. The Morgan fingerprint density at radius 1 is 0.844 bits per heavy atom. The number of nitrogens with zero attached hydrogens (tertiary/aromatic N) is 2. The Bertz CT molecular complexity index is 627. The lowest BCUT2D eigenvalue weighted by Gasteiger charge is -2.51. The first-order valence-electron chi connectivity index (χ1n) is 11.9. The molecule has 2 aliphatic rings. The molecule has 2 aliphatic heterocycles. The van der Waals surface area contributed by atoms with Crippen molar-refractivity contribution in [2.45, 2.75) is 141 Å². The molecule has 2 rings (SSSR count). The smallest absolute Gasteiger partial charge is 0.309 e. The predicted molar refractivity (Wildman–Crippen MR) is 121 cm³/mol. The van der Waals surface area contributed by atoms with E-state index in [2.05, 4.69) is 0 Å². The fourth-order valence-corrected chi connectivity index (χ4v) is 5.75. The van der Waals surface area contributed by atoms with Gasteiger partial charge in [0.1, 0.15) is 6.10 Å². The van der Waals surface area contributed by atoms with Crippen molar-refractivity contribution < 1.29 is 29.8 Å². The van der Waals surface area contributed by atoms with Crippen molar-refractivity contribution in [1.82, 2.24) is 10.1 Å². The molecule has 0 spiro atoms. The standard InChI is InChI=1S/C24H46N2O6/c1-10-16(20(28)32-18-14-23(6,7)26(30)24(8,9)15-18)11-19(27)31-17-12-21(2,3)25(29)22(4,5)13-17/h16-19,27,29-30H,10-15H2,1-9H3. The molecule has 2 unspecified atom stereocenters. The van der Waals surface area contributed by atoms with Crippen LogP contribution < -0.4 is 0 Å². The van der Waals surface area contributed by atoms with Crippen LogP contribution in [0, 0.1) is 5.92 Å². The molecule has 0 bridgehead atoms. The van der Waals surface area contributed by atoms with E-state index in [1.807, 2.05) is 62.3 Å². The molecule has 0 radical (unpaired) electrons. The van der Waals surface area contributed by atoms with Crippen LogP contribution in [-0.2, 0) is 14.3 Å². The van der Waals surface area contributed by atoms with Gasteiger partial charge in [-0.3, -0.25) is 4.79 Å². The molecular formula is C24H46N2O6. The largest absolute Gasteiger partial charge is 0.462 e. The highest BCUT2D eigenvalue weighted by molar-refractivity contribution is 5.72. The van der Waals surface area contributed by atoms with Gasteiger partial charge in [-0.2, -0.15) is 10.1 Å². The van der Waals surface area contributed by atoms with E-state index >= 15 is 0 Å². The van der Waals surface area contributed by atoms with Gasteiger partial charge in [-0.1, -0.05) is 6.92 Å². The van der Waals surface area contributed by atoms with Crippen LogP contribution in [0.25, 0.3) is 0 Å². The fourth-order valence-electron chi connectivity index (χ4n) is 5.75. The predicted octanol–water partition coefficient (Wildman–Crippen LogP) is 4.10. The van der Waals surface area contributed by atoms with Gasteiger partial charge in [-0.05, 0) is 74.7 Å². The Labute approximate surface area is 193 Å². The maximum Gasteiger partial charge on any atom is 0.309 e. The van der Waals surface area contributed by atoms with Gasteiger partial charge in [0.05, 0.1) is 12.0 Å². The number of hydrogen-bond acceptors (Lipinski definition) is 8. The molecule has 8 nitrogen and oxygen atoms in total. The van der Waals surface area contributed by atoms with Crippen LogP contribution in [0.2, 0.25) is 0 Å². The van der Waals surface area contributed by atoms with Crippen molar-refractivity contribution in [2.75, 3.05) is 0 Å². The summed E-state index contributed by atoms with van der Waals surface area (Å²) in [4.78, 5) is 12.9. The van der Waals surface area contributed by atoms with Crippen molar-refractivity contribution in [2.24, 2.45) is 5.92 Å². The Hall–Kier alpha value is -0.770. The first-order chi connectivity index (χ1) is 14.4. The van der Waals surface area contributed by atoms with E-state index in [-0.39, 0.29) is 24.6 Å². The number of aliphatic hydroxyl groups excluding tert-OH is 1. The van der Waals surface area contributed by atoms with Crippen LogP contribution in [0.4, 0.5) is 0 Å². The zero-order valence-electron chi connectivity index (χ0n) is 21.5. The molecule has 2 atom stereocenters. The molecule has 0 amide bonds. The number of carbonyl (C=O) groups is 1. The maximum atomic E-state index is 12.9. The van der Waals surface area contributed by atoms with E-state index in [4.69, 9.17) is 9.47 Å². The molecule has 188 valence electrons. The van der Waals surface area contributed by atoms with Gasteiger partial charge >= 0.3 is 5.97 Å². The summed E-state index contributed by atoms with van der Waals surface area (Å²) in [6, 6.07) is 0. The highest BCUT2D eigenvalue weighted by atomic mass is 16.6. The maximum absolute atomic E-state index is 12.9. The van der Waals surface area contributed by atoms with Crippen LogP contribution in [0.5, 0.6) is 0 Å². The number of hydroxylamine groups is 4. The Kier molecular flexibility index (Phi) is 8.13. The van der Waals surface area contributed by atoms with Gasteiger partial charge in [0.15, 0.2) is 6.29 Å². The molecule has 0 saturated carbocycles. The number of aliphatic hydroxyl groups is 1. The molecule has 2 heterocycles. The van der Waals surface area contributed by atoms with E-state index < -0.39 is 34.4 Å². The molecule has 0 aromatic heterocycles. The minimum absolute atomic E-state index is 0.168. The molecule has 2 fully saturated rings. The number of ether oxygens (including phenoxy) is 2. The van der Waals surface area contributed by atoms with Crippen LogP contribution in [0.3, 0.4) is 0 Å². The number of rotatable bonds is 7. The molecule has 2 saturated heterocycles. The molecule has 0 aromatic rings. The monoisotopic (exact) mass is 458 g/mol. The van der Waals surface area contributed by atoms with Crippen molar-refractivity contribution in [1.29, 1.82) is 0 Å². The quantitative estimate of drug-likeness (QED) is 0.387. The molecule has 32 heavy (non-hydrogen) atoms. The summed E-state index contributed by atoms with van der Waals surface area (Å²) in [6.07, 6.45) is 1.35. The number of hydrogen-bond donors (Lipinski definition) is 3. The third-order valence-corrected chi connectivity index (χ3v) is 7.15. The Balaban J connectivity index is 1.96. The van der Waals surface area contributed by atoms with Crippen LogP contribution in [0.1, 0.15) is 101 Å². The third-order valence-electron chi connectivity index (χ3n) is 7.15. The zero-order chi connectivity index (χ0) is 24.7. The Morgan fingerprint density at radius 3 is 1.59 bits per heavy atom. The van der Waals surface area contributed by atoms with Gasteiger partial charge in [0.25, 0.3) is 0 Å². The van der Waals surface area contributed by atoms with Gasteiger partial charge in [-0.25, -0.2) is 0 Å². The second kappa shape index (κ2) is 9.47. The summed E-state index contributed by atoms with van der Waals surface area (Å²) < 4.78 is 11.8. The van der Waals surface area contributed by atoms with Crippen molar-refractivity contribution in [3.8, 4) is 0 Å². The molecule has 0 aliphatic carbocycles. The number of esters is 1. The molecule has 3 N–H and O–H groups in total. The SMILES string of the molecule is CCC(CC(O)OC1CC(C)(C)N(O)C(C)(C)C1)C(=O)OC1CC(C)(C)N(O)C(C)(C)C1. The molecule has 0 aromatic carbocycles. The van der Waals surface area contributed by atoms with E-state index in [0.717, 1.165) is 0 Å². The van der Waals surface area contributed by atoms with Crippen LogP contribution in [-0.4, -0.2) is 72.3 Å². The fraction of sp³-hybridized carbons (Fsp3) is 0.958. The van der Waals surface area contributed by atoms with Gasteiger partial charge in [0, 0.05) is 41.4 Å². The summed E-state index contributed by atoms with van der Waals surface area (Å²) in [6.45, 7) is 17.4. The van der Waals surface area contributed by atoms with E-state index in [1.54, 1.807) is 0 Å². The first-order valence-corrected chi connectivity index (χ1v) is 11.9. The van der Waals surface area contributed by atoms with Crippen molar-refractivity contribution in [3.63, 3.8) is 0 Å². The molecule has 8 heteroatoms. The lowest BCUT2D eigenvalue weighted by molar-refractivity contribution is -0.275. The Morgan fingerprint density at radius 2 is 1.22 bits per heavy atom. The van der Waals surface area contributed by atoms with Crippen molar-refractivity contribution in [3.05, 3.63) is 0 Å². The minimum atomic E-state index is -1.08. The topological polar surface area (TPSA) is 103 Å².